The average Bonchev–Trinajstić information content (AvgIpc) is 2.80. The first-order valence-electron chi connectivity index (χ1n) is 5.88. The number of carboxylic acid groups (broad SMARTS) is 1. The van der Waals surface area contributed by atoms with Gasteiger partial charge in [0.2, 0.25) is 11.6 Å². The highest BCUT2D eigenvalue weighted by molar-refractivity contribution is 9.10. The number of benzene rings is 1. The molecule has 2 N–H and O–H groups in total. The monoisotopic (exact) mass is 336 g/mol. The van der Waals surface area contributed by atoms with E-state index in [0.29, 0.717) is 28.6 Å². The Bertz CT molecular complexity index is 723. The molecule has 1 aromatic carbocycles. The summed E-state index contributed by atoms with van der Waals surface area (Å²) < 4.78 is 5.40. The molecule has 0 fully saturated rings. The van der Waals surface area contributed by atoms with Crippen molar-refractivity contribution < 1.29 is 19.2 Å². The van der Waals surface area contributed by atoms with Crippen molar-refractivity contribution in [2.24, 2.45) is 0 Å². The molecule has 0 radical (unpaired) electrons. The Kier molecular flexibility index (Phi) is 3.06. The van der Waals surface area contributed by atoms with Gasteiger partial charge in [-0.05, 0) is 46.1 Å². The van der Waals surface area contributed by atoms with E-state index in [0.717, 1.165) is 11.3 Å². The van der Waals surface area contributed by atoms with E-state index >= 15 is 0 Å². The number of aryl methyl sites for hydroxylation is 1. The van der Waals surface area contributed by atoms with Gasteiger partial charge in [0.25, 0.3) is 0 Å². The lowest BCUT2D eigenvalue weighted by Gasteiger charge is -2.17. The number of nitrogens with one attached hydrogen (secondary N) is 1. The predicted molar refractivity (Wildman–Crippen MR) is 73.5 cm³/mol. The third-order valence-corrected chi connectivity index (χ3v) is 3.84. The summed E-state index contributed by atoms with van der Waals surface area (Å²) in [5.41, 5.74) is 2.32. The number of halogens is 1. The summed E-state index contributed by atoms with van der Waals surface area (Å²) in [6, 6.07) is 5.39. The van der Waals surface area contributed by atoms with Crippen molar-refractivity contribution in [3.8, 4) is 11.3 Å². The summed E-state index contributed by atoms with van der Waals surface area (Å²) in [7, 11) is 0. The number of aromatic nitrogens is 1. The Morgan fingerprint density at radius 1 is 1.40 bits per heavy atom. The Balaban J connectivity index is 2.03. The van der Waals surface area contributed by atoms with Crippen LogP contribution < -0.4 is 5.32 Å². The maximum Gasteiger partial charge on any atom is 0.359 e. The molecular weight excluding hydrogens is 328 g/mol. The lowest BCUT2D eigenvalue weighted by Crippen LogP contribution is -2.18. The van der Waals surface area contributed by atoms with Crippen LogP contribution in [0.15, 0.2) is 27.2 Å². The van der Waals surface area contributed by atoms with E-state index < -0.39 is 5.97 Å². The van der Waals surface area contributed by atoms with Gasteiger partial charge in [-0.25, -0.2) is 4.79 Å². The largest absolute Gasteiger partial charge is 0.476 e. The smallest absolute Gasteiger partial charge is 0.359 e. The highest BCUT2D eigenvalue weighted by Crippen LogP contribution is 2.34. The second-order valence-corrected chi connectivity index (χ2v) is 5.19. The van der Waals surface area contributed by atoms with Crippen LogP contribution in [0, 0.1) is 0 Å². The van der Waals surface area contributed by atoms with E-state index in [1.165, 1.54) is 0 Å². The molecule has 3 rings (SSSR count). The molecule has 0 aliphatic carbocycles. The zero-order valence-corrected chi connectivity index (χ0v) is 11.7. The van der Waals surface area contributed by atoms with Gasteiger partial charge in [0.15, 0.2) is 5.76 Å². The van der Waals surface area contributed by atoms with Crippen LogP contribution >= 0.6 is 15.9 Å². The van der Waals surface area contributed by atoms with Crippen molar-refractivity contribution in [3.63, 3.8) is 0 Å². The Morgan fingerprint density at radius 2 is 2.20 bits per heavy atom. The molecule has 0 saturated heterocycles. The van der Waals surface area contributed by atoms with Crippen LogP contribution in [-0.2, 0) is 11.2 Å². The molecule has 1 aromatic heterocycles. The number of rotatable bonds is 2. The van der Waals surface area contributed by atoms with Crippen LogP contribution in [0.25, 0.3) is 11.3 Å². The van der Waals surface area contributed by atoms with Gasteiger partial charge in [-0.3, -0.25) is 4.79 Å². The fraction of sp³-hybridized carbons (Fsp3) is 0.154. The van der Waals surface area contributed by atoms with Crippen LogP contribution in [0.1, 0.15) is 22.5 Å². The number of carbonyl (C=O) groups excluding carboxylic acids is 1. The standard InChI is InChI=1S/C13H9BrN2O4/c14-10-11(13(18)19)16-20-12(10)7-1-3-8-6(5-7)2-4-9(17)15-8/h1,3,5H,2,4H2,(H,15,17)(H,18,19). The van der Waals surface area contributed by atoms with Crippen molar-refractivity contribution in [2.45, 2.75) is 12.8 Å². The molecular formula is C13H9BrN2O4. The molecule has 1 aliphatic heterocycles. The maximum atomic E-state index is 11.3. The molecule has 0 saturated carbocycles. The summed E-state index contributed by atoms with van der Waals surface area (Å²) in [6.07, 6.45) is 1.08. The molecule has 2 aromatic rings. The number of amides is 1. The summed E-state index contributed by atoms with van der Waals surface area (Å²) in [5.74, 6) is -0.793. The topological polar surface area (TPSA) is 92.4 Å². The lowest BCUT2D eigenvalue weighted by molar-refractivity contribution is -0.116. The first kappa shape index (κ1) is 12.9. The van der Waals surface area contributed by atoms with Crippen LogP contribution in [0.3, 0.4) is 0 Å². The fourth-order valence-electron chi connectivity index (χ4n) is 2.12. The molecule has 0 spiro atoms. The second-order valence-electron chi connectivity index (χ2n) is 4.40. The minimum absolute atomic E-state index is 0.000686. The fourth-order valence-corrected chi connectivity index (χ4v) is 2.66. The van der Waals surface area contributed by atoms with Gasteiger partial charge in [-0.2, -0.15) is 0 Å². The van der Waals surface area contributed by atoms with Gasteiger partial charge in [0.05, 0.1) is 0 Å². The van der Waals surface area contributed by atoms with Crippen molar-refractivity contribution >= 4 is 33.5 Å². The van der Waals surface area contributed by atoms with E-state index in [4.69, 9.17) is 9.63 Å². The van der Waals surface area contributed by atoms with Gasteiger partial charge in [-0.1, -0.05) is 5.16 Å². The van der Waals surface area contributed by atoms with E-state index in [-0.39, 0.29) is 11.6 Å². The molecule has 0 unspecified atom stereocenters. The minimum Gasteiger partial charge on any atom is -0.476 e. The van der Waals surface area contributed by atoms with Crippen molar-refractivity contribution in [1.82, 2.24) is 5.16 Å². The highest BCUT2D eigenvalue weighted by atomic mass is 79.9. The van der Waals surface area contributed by atoms with Gasteiger partial charge < -0.3 is 14.9 Å². The number of hydrogen-bond donors (Lipinski definition) is 2. The van der Waals surface area contributed by atoms with Gasteiger partial charge in [-0.15, -0.1) is 0 Å². The van der Waals surface area contributed by atoms with Crippen LogP contribution in [-0.4, -0.2) is 22.1 Å². The molecule has 2 heterocycles. The Morgan fingerprint density at radius 3 is 2.90 bits per heavy atom. The third-order valence-electron chi connectivity index (χ3n) is 3.10. The molecule has 1 aliphatic rings. The number of anilines is 1. The molecule has 102 valence electrons. The van der Waals surface area contributed by atoms with E-state index in [1.807, 2.05) is 6.07 Å². The SMILES string of the molecule is O=C1CCc2cc(-c3onc(C(=O)O)c3Br)ccc2N1. The van der Waals surface area contributed by atoms with E-state index in [1.54, 1.807) is 12.1 Å². The zero-order chi connectivity index (χ0) is 14.3. The van der Waals surface area contributed by atoms with Gasteiger partial charge in [0.1, 0.15) is 4.47 Å². The molecule has 7 heteroatoms. The Labute approximate surface area is 121 Å². The van der Waals surface area contributed by atoms with Crippen LogP contribution in [0.2, 0.25) is 0 Å². The Hall–Kier alpha value is -2.15. The zero-order valence-electron chi connectivity index (χ0n) is 10.1. The number of nitrogens with zero attached hydrogens (tertiary/aromatic N) is 1. The number of carboxylic acids is 1. The van der Waals surface area contributed by atoms with E-state index in [9.17, 15) is 9.59 Å². The number of carbonyl (C=O) groups is 2. The minimum atomic E-state index is -1.16. The third kappa shape index (κ3) is 2.09. The average molecular weight is 337 g/mol. The molecule has 6 nitrogen and oxygen atoms in total. The number of hydrogen-bond acceptors (Lipinski definition) is 4. The van der Waals surface area contributed by atoms with Crippen LogP contribution in [0.5, 0.6) is 0 Å². The summed E-state index contributed by atoms with van der Waals surface area (Å²) in [5, 5.41) is 15.3. The summed E-state index contributed by atoms with van der Waals surface area (Å²) in [6.45, 7) is 0. The molecule has 20 heavy (non-hydrogen) atoms. The van der Waals surface area contributed by atoms with E-state index in [2.05, 4.69) is 26.4 Å². The summed E-state index contributed by atoms with van der Waals surface area (Å²) >= 11 is 3.19. The van der Waals surface area contributed by atoms with Crippen molar-refractivity contribution in [2.75, 3.05) is 5.32 Å². The highest BCUT2D eigenvalue weighted by Gasteiger charge is 2.22. The first-order chi connectivity index (χ1) is 9.56. The molecule has 0 atom stereocenters. The van der Waals surface area contributed by atoms with Gasteiger partial charge >= 0.3 is 5.97 Å². The number of aromatic carboxylic acids is 1. The van der Waals surface area contributed by atoms with Crippen LogP contribution in [0.4, 0.5) is 5.69 Å². The maximum absolute atomic E-state index is 11.3. The molecule has 1 amide bonds. The van der Waals surface area contributed by atoms with Crippen molar-refractivity contribution in [1.29, 1.82) is 0 Å². The second kappa shape index (κ2) is 4.75. The lowest BCUT2D eigenvalue weighted by atomic mass is 9.99. The van der Waals surface area contributed by atoms with Gasteiger partial charge in [0, 0.05) is 17.7 Å². The quantitative estimate of drug-likeness (QED) is 0.879. The summed E-state index contributed by atoms with van der Waals surface area (Å²) in [4.78, 5) is 22.2. The van der Waals surface area contributed by atoms with Crippen molar-refractivity contribution in [3.05, 3.63) is 33.9 Å². The normalized spacial score (nSPS) is 13.8. The molecule has 0 bridgehead atoms. The number of fused-ring (bicyclic) bond motifs is 1. The first-order valence-corrected chi connectivity index (χ1v) is 6.67. The predicted octanol–water partition coefficient (Wildman–Crippen LogP) is 2.69.